The molecule has 1 atom stereocenters. The first-order valence-corrected chi connectivity index (χ1v) is 5.11. The van der Waals surface area contributed by atoms with Gasteiger partial charge in [-0.3, -0.25) is 0 Å². The van der Waals surface area contributed by atoms with Crippen LogP contribution >= 0.6 is 35.6 Å². The van der Waals surface area contributed by atoms with E-state index in [1.54, 1.807) is 12.1 Å². The molecule has 4 heteroatoms. The summed E-state index contributed by atoms with van der Waals surface area (Å²) >= 11 is 11.8. The summed E-state index contributed by atoms with van der Waals surface area (Å²) < 4.78 is 0. The molecule has 0 bridgehead atoms. The van der Waals surface area contributed by atoms with Gasteiger partial charge in [0.1, 0.15) is 0 Å². The topological polar surface area (TPSA) is 26.0 Å². The minimum atomic E-state index is -0.0998. The Hall–Kier alpha value is -0.210. The molecule has 1 aromatic carbocycles. The summed E-state index contributed by atoms with van der Waals surface area (Å²) in [6.07, 6.45) is 0.737. The molecule has 0 unspecified atom stereocenters. The highest BCUT2D eigenvalue weighted by Gasteiger charge is 2.10. The Balaban J connectivity index is 0.00000196. The van der Waals surface area contributed by atoms with Crippen molar-refractivity contribution in [1.82, 2.24) is 0 Å². The highest BCUT2D eigenvalue weighted by Crippen LogP contribution is 2.27. The van der Waals surface area contributed by atoms with E-state index in [2.05, 4.69) is 6.58 Å². The van der Waals surface area contributed by atoms with Gasteiger partial charge in [-0.15, -0.1) is 19.0 Å². The van der Waals surface area contributed by atoms with Crippen molar-refractivity contribution in [1.29, 1.82) is 0 Å². The van der Waals surface area contributed by atoms with Crippen molar-refractivity contribution >= 4 is 35.6 Å². The average Bonchev–Trinajstić information content (AvgIpc) is 2.01. The number of halogens is 3. The molecule has 1 rings (SSSR count). The fourth-order valence-corrected chi connectivity index (χ4v) is 1.84. The van der Waals surface area contributed by atoms with Crippen LogP contribution in [0.25, 0.3) is 0 Å². The van der Waals surface area contributed by atoms with Gasteiger partial charge in [-0.1, -0.05) is 34.8 Å². The van der Waals surface area contributed by atoms with Crippen LogP contribution in [0.2, 0.25) is 10.0 Å². The molecule has 2 N–H and O–H groups in total. The zero-order chi connectivity index (χ0) is 10.7. The summed E-state index contributed by atoms with van der Waals surface area (Å²) in [6.45, 7) is 5.77. The van der Waals surface area contributed by atoms with E-state index in [4.69, 9.17) is 28.9 Å². The molecule has 1 aromatic rings. The molecule has 0 radical (unpaired) electrons. The largest absolute Gasteiger partial charge is 0.324 e. The van der Waals surface area contributed by atoms with Gasteiger partial charge in [-0.2, -0.15) is 0 Å². The predicted octanol–water partition coefficient (Wildman–Crippen LogP) is 4.38. The van der Waals surface area contributed by atoms with Crippen LogP contribution in [0.15, 0.2) is 30.4 Å². The van der Waals surface area contributed by atoms with Crippen molar-refractivity contribution < 1.29 is 0 Å². The molecular formula is C11H14Cl3N. The summed E-state index contributed by atoms with van der Waals surface area (Å²) in [6, 6.07) is 5.26. The maximum Gasteiger partial charge on any atom is 0.0468 e. The molecule has 1 nitrogen and oxygen atoms in total. The van der Waals surface area contributed by atoms with E-state index in [-0.39, 0.29) is 18.4 Å². The van der Waals surface area contributed by atoms with Crippen LogP contribution in [0, 0.1) is 0 Å². The van der Waals surface area contributed by atoms with Gasteiger partial charge in [0.15, 0.2) is 0 Å². The maximum absolute atomic E-state index is 6.01. The van der Waals surface area contributed by atoms with Gasteiger partial charge in [-0.05, 0) is 31.0 Å². The molecule has 0 heterocycles. The molecule has 0 saturated heterocycles. The van der Waals surface area contributed by atoms with Crippen LogP contribution in [0.5, 0.6) is 0 Å². The summed E-state index contributed by atoms with van der Waals surface area (Å²) in [7, 11) is 0. The molecule has 0 aliphatic heterocycles. The predicted molar refractivity (Wildman–Crippen MR) is 70.1 cm³/mol. The van der Waals surface area contributed by atoms with Crippen molar-refractivity contribution in [3.63, 3.8) is 0 Å². The molecule has 0 aliphatic rings. The van der Waals surface area contributed by atoms with E-state index in [1.807, 2.05) is 13.0 Å². The number of hydrogen-bond acceptors (Lipinski definition) is 1. The second-order valence-corrected chi connectivity index (χ2v) is 4.28. The first kappa shape index (κ1) is 14.8. The lowest BCUT2D eigenvalue weighted by molar-refractivity contribution is 0.717. The first-order chi connectivity index (χ1) is 6.50. The molecule has 0 amide bonds. The highest BCUT2D eigenvalue weighted by molar-refractivity contribution is 6.35. The molecule has 0 aromatic heterocycles. The zero-order valence-electron chi connectivity index (χ0n) is 8.47. The molecule has 0 spiro atoms. The molecule has 0 saturated carbocycles. The second kappa shape index (κ2) is 6.39. The zero-order valence-corrected chi connectivity index (χ0v) is 10.8. The van der Waals surface area contributed by atoms with Crippen LogP contribution in [-0.2, 0) is 0 Å². The van der Waals surface area contributed by atoms with Crippen molar-refractivity contribution in [2.45, 2.75) is 19.4 Å². The van der Waals surface area contributed by atoms with Gasteiger partial charge < -0.3 is 5.73 Å². The van der Waals surface area contributed by atoms with E-state index in [9.17, 15) is 0 Å². The standard InChI is InChI=1S/C11H13Cl2N.ClH/c1-7(2)5-11(14)9-4-3-8(12)6-10(9)13;/h3-4,6,11H,1,5,14H2,2H3;1H/t11-;/m1./s1. The smallest absolute Gasteiger partial charge is 0.0468 e. The van der Waals surface area contributed by atoms with Gasteiger partial charge in [-0.25, -0.2) is 0 Å². The molecule has 0 aliphatic carbocycles. The van der Waals surface area contributed by atoms with E-state index < -0.39 is 0 Å². The monoisotopic (exact) mass is 265 g/mol. The molecule has 15 heavy (non-hydrogen) atoms. The van der Waals surface area contributed by atoms with E-state index in [1.165, 1.54) is 0 Å². The fourth-order valence-electron chi connectivity index (χ4n) is 1.29. The van der Waals surface area contributed by atoms with E-state index in [0.717, 1.165) is 17.6 Å². The Morgan fingerprint density at radius 1 is 1.47 bits per heavy atom. The number of rotatable bonds is 3. The van der Waals surface area contributed by atoms with Crippen LogP contribution in [0.3, 0.4) is 0 Å². The Morgan fingerprint density at radius 2 is 2.07 bits per heavy atom. The Morgan fingerprint density at radius 3 is 2.53 bits per heavy atom. The average molecular weight is 267 g/mol. The van der Waals surface area contributed by atoms with Crippen molar-refractivity contribution in [3.8, 4) is 0 Å². The third-order valence-electron chi connectivity index (χ3n) is 1.93. The summed E-state index contributed by atoms with van der Waals surface area (Å²) in [5, 5.41) is 1.24. The normalized spacial score (nSPS) is 11.7. The Bertz CT molecular complexity index is 350. The third kappa shape index (κ3) is 4.43. The van der Waals surface area contributed by atoms with Crippen molar-refractivity contribution in [2.75, 3.05) is 0 Å². The molecule has 84 valence electrons. The maximum atomic E-state index is 6.01. The van der Waals surface area contributed by atoms with Gasteiger partial charge in [0.05, 0.1) is 0 Å². The minimum Gasteiger partial charge on any atom is -0.324 e. The van der Waals surface area contributed by atoms with Crippen molar-refractivity contribution in [2.24, 2.45) is 5.73 Å². The summed E-state index contributed by atoms with van der Waals surface area (Å²) in [5.41, 5.74) is 7.92. The highest BCUT2D eigenvalue weighted by atomic mass is 35.5. The SMILES string of the molecule is C=C(C)C[C@@H](N)c1ccc(Cl)cc1Cl.Cl. The molecular weight excluding hydrogens is 252 g/mol. The van der Waals surface area contributed by atoms with Gasteiger partial charge in [0.25, 0.3) is 0 Å². The lowest BCUT2D eigenvalue weighted by Crippen LogP contribution is -2.10. The Labute approximate surface area is 107 Å². The second-order valence-electron chi connectivity index (χ2n) is 3.43. The first-order valence-electron chi connectivity index (χ1n) is 4.35. The van der Waals surface area contributed by atoms with Gasteiger partial charge in [0, 0.05) is 16.1 Å². The lowest BCUT2D eigenvalue weighted by atomic mass is 10.0. The third-order valence-corrected chi connectivity index (χ3v) is 2.49. The molecule has 0 fully saturated rings. The number of benzene rings is 1. The van der Waals surface area contributed by atoms with Crippen molar-refractivity contribution in [3.05, 3.63) is 46.0 Å². The van der Waals surface area contributed by atoms with Crippen LogP contribution in [0.1, 0.15) is 24.9 Å². The lowest BCUT2D eigenvalue weighted by Gasteiger charge is -2.13. The van der Waals surface area contributed by atoms with Gasteiger partial charge in [0.2, 0.25) is 0 Å². The minimum absolute atomic E-state index is 0. The Kier molecular flexibility index (Phi) is 6.30. The number of hydrogen-bond donors (Lipinski definition) is 1. The fraction of sp³-hybridized carbons (Fsp3) is 0.273. The van der Waals surface area contributed by atoms with Crippen LogP contribution in [0.4, 0.5) is 0 Å². The quantitative estimate of drug-likeness (QED) is 0.807. The van der Waals surface area contributed by atoms with Crippen LogP contribution < -0.4 is 5.73 Å². The number of nitrogens with two attached hydrogens (primary N) is 1. The van der Waals surface area contributed by atoms with Crippen LogP contribution in [-0.4, -0.2) is 0 Å². The van der Waals surface area contributed by atoms with E-state index in [0.29, 0.717) is 10.0 Å². The summed E-state index contributed by atoms with van der Waals surface area (Å²) in [4.78, 5) is 0. The van der Waals surface area contributed by atoms with Gasteiger partial charge >= 0.3 is 0 Å². The summed E-state index contributed by atoms with van der Waals surface area (Å²) in [5.74, 6) is 0. The van der Waals surface area contributed by atoms with E-state index >= 15 is 0 Å².